The van der Waals surface area contributed by atoms with Crippen LogP contribution in [0.4, 0.5) is 0 Å². The lowest BCUT2D eigenvalue weighted by molar-refractivity contribution is -0.139. The van der Waals surface area contributed by atoms with E-state index < -0.39 is 0 Å². The van der Waals surface area contributed by atoms with Gasteiger partial charge < -0.3 is 14.9 Å². The van der Waals surface area contributed by atoms with Crippen LogP contribution in [0.2, 0.25) is 0 Å². The smallest absolute Gasteiger partial charge is 0.227 e. The molecule has 23 heavy (non-hydrogen) atoms. The third-order valence-electron chi connectivity index (χ3n) is 5.80. The van der Waals surface area contributed by atoms with E-state index in [1.165, 1.54) is 5.56 Å². The molecule has 2 fully saturated rings. The minimum absolute atomic E-state index is 0.00683. The van der Waals surface area contributed by atoms with Crippen LogP contribution in [0.5, 0.6) is 0 Å². The molecule has 4 heteroatoms. The van der Waals surface area contributed by atoms with Crippen molar-refractivity contribution in [3.63, 3.8) is 0 Å². The van der Waals surface area contributed by atoms with Crippen LogP contribution in [0, 0.1) is 12.3 Å². The van der Waals surface area contributed by atoms with Crippen molar-refractivity contribution < 1.29 is 9.90 Å². The van der Waals surface area contributed by atoms with Gasteiger partial charge in [0, 0.05) is 24.5 Å². The summed E-state index contributed by atoms with van der Waals surface area (Å²) in [7, 11) is 2.13. The Hall–Kier alpha value is -1.39. The average molecular weight is 316 g/mol. The van der Waals surface area contributed by atoms with E-state index in [-0.39, 0.29) is 24.0 Å². The van der Waals surface area contributed by atoms with Crippen molar-refractivity contribution in [3.8, 4) is 0 Å². The van der Waals surface area contributed by atoms with Crippen molar-refractivity contribution in [2.45, 2.75) is 38.6 Å². The summed E-state index contributed by atoms with van der Waals surface area (Å²) in [6, 6.07) is 8.48. The first-order valence-electron chi connectivity index (χ1n) is 8.68. The van der Waals surface area contributed by atoms with Gasteiger partial charge in [-0.05, 0) is 45.3 Å². The molecule has 2 atom stereocenters. The molecule has 3 rings (SSSR count). The second-order valence-corrected chi connectivity index (χ2v) is 7.38. The van der Waals surface area contributed by atoms with Crippen LogP contribution < -0.4 is 0 Å². The highest BCUT2D eigenvalue weighted by atomic mass is 16.3. The molecule has 0 saturated carbocycles. The number of carbonyl (C=O) groups is 1. The number of benzene rings is 1. The molecular weight excluding hydrogens is 288 g/mol. The Bertz CT molecular complexity index is 574. The molecule has 2 heterocycles. The molecule has 0 bridgehead atoms. The van der Waals surface area contributed by atoms with Crippen molar-refractivity contribution in [1.82, 2.24) is 9.80 Å². The van der Waals surface area contributed by atoms with Crippen LogP contribution in [0.25, 0.3) is 0 Å². The molecular formula is C19H28N2O2. The molecule has 0 radical (unpaired) electrons. The summed E-state index contributed by atoms with van der Waals surface area (Å²) in [5.41, 5.74) is 2.28. The van der Waals surface area contributed by atoms with Crippen molar-refractivity contribution in [2.75, 3.05) is 33.3 Å². The third kappa shape index (κ3) is 3.29. The molecule has 0 aliphatic carbocycles. The lowest BCUT2D eigenvalue weighted by Gasteiger charge is -2.53. The fourth-order valence-electron chi connectivity index (χ4n) is 4.35. The molecule has 1 aromatic carbocycles. The van der Waals surface area contributed by atoms with Gasteiger partial charge in [-0.1, -0.05) is 29.8 Å². The third-order valence-corrected chi connectivity index (χ3v) is 5.80. The van der Waals surface area contributed by atoms with Gasteiger partial charge in [0.2, 0.25) is 5.91 Å². The lowest BCUT2D eigenvalue weighted by atomic mass is 9.69. The first-order chi connectivity index (χ1) is 11.0. The molecule has 1 N–H and O–H groups in total. The summed E-state index contributed by atoms with van der Waals surface area (Å²) in [5.74, 6) is 0.209. The Kier molecular flexibility index (Phi) is 4.74. The fraction of sp³-hybridized carbons (Fsp3) is 0.632. The second kappa shape index (κ2) is 6.62. The van der Waals surface area contributed by atoms with E-state index in [2.05, 4.69) is 31.0 Å². The molecule has 0 unspecified atom stereocenters. The Morgan fingerprint density at radius 2 is 2.17 bits per heavy atom. The number of aryl methyl sites for hydroxylation is 1. The van der Waals surface area contributed by atoms with Crippen LogP contribution in [-0.4, -0.2) is 60.1 Å². The monoisotopic (exact) mass is 316 g/mol. The van der Waals surface area contributed by atoms with Crippen LogP contribution in [0.1, 0.15) is 30.4 Å². The predicted octanol–water partition coefficient (Wildman–Crippen LogP) is 1.84. The largest absolute Gasteiger partial charge is 0.396 e. The van der Waals surface area contributed by atoms with Crippen molar-refractivity contribution in [1.29, 1.82) is 0 Å². The van der Waals surface area contributed by atoms with Crippen LogP contribution in [0.15, 0.2) is 24.3 Å². The van der Waals surface area contributed by atoms with Crippen molar-refractivity contribution in [3.05, 3.63) is 35.4 Å². The van der Waals surface area contributed by atoms with E-state index in [1.807, 2.05) is 17.0 Å². The minimum atomic E-state index is -0.00683. The highest BCUT2D eigenvalue weighted by Gasteiger charge is 2.47. The molecule has 0 spiro atoms. The standard InChI is InChI=1S/C19H28N2O2/c1-15-5-3-6-16(11-15)12-18(23)21-10-8-19(14-22)7-4-9-20(2)17(19)13-21/h3,5-6,11,17,22H,4,7-10,12-14H2,1-2H3/t17-,19-/m1/s1. The van der Waals surface area contributed by atoms with E-state index in [0.29, 0.717) is 6.42 Å². The maximum Gasteiger partial charge on any atom is 0.227 e. The van der Waals surface area contributed by atoms with Crippen LogP contribution >= 0.6 is 0 Å². The topological polar surface area (TPSA) is 43.8 Å². The Morgan fingerprint density at radius 3 is 2.91 bits per heavy atom. The van der Waals surface area contributed by atoms with Gasteiger partial charge >= 0.3 is 0 Å². The molecule has 2 aliphatic heterocycles. The zero-order valence-electron chi connectivity index (χ0n) is 14.3. The van der Waals surface area contributed by atoms with Gasteiger partial charge in [-0.25, -0.2) is 0 Å². The number of nitrogens with zero attached hydrogens (tertiary/aromatic N) is 2. The quantitative estimate of drug-likeness (QED) is 0.925. The SMILES string of the molecule is Cc1cccc(CC(=O)N2CC[C@@]3(CO)CCCN(C)[C@@H]3C2)c1. The van der Waals surface area contributed by atoms with Gasteiger partial charge in [-0.15, -0.1) is 0 Å². The number of carbonyl (C=O) groups excluding carboxylic acids is 1. The van der Waals surface area contributed by atoms with E-state index in [9.17, 15) is 9.90 Å². The summed E-state index contributed by atoms with van der Waals surface area (Å²) in [5, 5.41) is 9.96. The number of hydrogen-bond donors (Lipinski definition) is 1. The summed E-state index contributed by atoms with van der Waals surface area (Å²) < 4.78 is 0. The van der Waals surface area contributed by atoms with Gasteiger partial charge in [0.15, 0.2) is 0 Å². The Balaban J connectivity index is 1.69. The normalized spacial score (nSPS) is 28.5. The summed E-state index contributed by atoms with van der Waals surface area (Å²) in [6.45, 7) is 4.88. The van der Waals surface area contributed by atoms with Crippen LogP contribution in [-0.2, 0) is 11.2 Å². The maximum atomic E-state index is 12.7. The summed E-state index contributed by atoms with van der Waals surface area (Å²) in [6.07, 6.45) is 3.62. The number of amides is 1. The van der Waals surface area contributed by atoms with Crippen LogP contribution in [0.3, 0.4) is 0 Å². The van der Waals surface area contributed by atoms with Gasteiger partial charge in [0.05, 0.1) is 13.0 Å². The number of piperidine rings is 2. The van der Waals surface area contributed by atoms with Gasteiger partial charge in [0.25, 0.3) is 0 Å². The lowest BCUT2D eigenvalue weighted by Crippen LogP contribution is -2.62. The molecule has 0 aromatic heterocycles. The number of likely N-dealkylation sites (tertiary alicyclic amines) is 2. The average Bonchev–Trinajstić information content (AvgIpc) is 2.55. The zero-order valence-corrected chi connectivity index (χ0v) is 14.3. The highest BCUT2D eigenvalue weighted by Crippen LogP contribution is 2.41. The van der Waals surface area contributed by atoms with Gasteiger partial charge in [-0.2, -0.15) is 0 Å². The van der Waals surface area contributed by atoms with E-state index in [4.69, 9.17) is 0 Å². The van der Waals surface area contributed by atoms with E-state index in [1.54, 1.807) is 0 Å². The van der Waals surface area contributed by atoms with Crippen molar-refractivity contribution in [2.24, 2.45) is 5.41 Å². The van der Waals surface area contributed by atoms with Crippen molar-refractivity contribution >= 4 is 5.91 Å². The minimum Gasteiger partial charge on any atom is -0.396 e. The number of likely N-dealkylation sites (N-methyl/N-ethyl adjacent to an activating group) is 1. The van der Waals surface area contributed by atoms with Gasteiger partial charge in [0.1, 0.15) is 0 Å². The zero-order chi connectivity index (χ0) is 16.4. The number of rotatable bonds is 3. The second-order valence-electron chi connectivity index (χ2n) is 7.38. The number of fused-ring (bicyclic) bond motifs is 1. The van der Waals surface area contributed by atoms with E-state index >= 15 is 0 Å². The molecule has 1 aromatic rings. The number of aliphatic hydroxyl groups is 1. The predicted molar refractivity (Wildman–Crippen MR) is 91.3 cm³/mol. The first-order valence-corrected chi connectivity index (χ1v) is 8.68. The first kappa shape index (κ1) is 16.5. The van der Waals surface area contributed by atoms with Gasteiger partial charge in [-0.3, -0.25) is 4.79 Å². The molecule has 2 aliphatic rings. The summed E-state index contributed by atoms with van der Waals surface area (Å²) >= 11 is 0. The highest BCUT2D eigenvalue weighted by molar-refractivity contribution is 5.79. The molecule has 4 nitrogen and oxygen atoms in total. The number of hydrogen-bond acceptors (Lipinski definition) is 3. The molecule has 2 saturated heterocycles. The maximum absolute atomic E-state index is 12.7. The molecule has 126 valence electrons. The number of aliphatic hydroxyl groups excluding tert-OH is 1. The Labute approximate surface area is 139 Å². The molecule has 1 amide bonds. The fourth-order valence-corrected chi connectivity index (χ4v) is 4.35. The summed E-state index contributed by atoms with van der Waals surface area (Å²) in [4.78, 5) is 17.0. The Morgan fingerprint density at radius 1 is 1.35 bits per heavy atom. The van der Waals surface area contributed by atoms with E-state index in [0.717, 1.165) is 44.5 Å².